The Balaban J connectivity index is 1.93. The summed E-state index contributed by atoms with van der Waals surface area (Å²) in [5.41, 5.74) is 1.01. The van der Waals surface area contributed by atoms with Crippen LogP contribution in [0.2, 0.25) is 0 Å². The summed E-state index contributed by atoms with van der Waals surface area (Å²) in [6.45, 7) is 1.74. The molecule has 1 atom stereocenters. The van der Waals surface area contributed by atoms with Gasteiger partial charge in [-0.2, -0.15) is 0 Å². The maximum Gasteiger partial charge on any atom is 0.305 e. The highest BCUT2D eigenvalue weighted by molar-refractivity contribution is 5.69. The Hall–Kier alpha value is -1.58. The number of hydrogen-bond donors (Lipinski definition) is 0. The number of benzene rings is 1. The average Bonchev–Trinajstić information content (AvgIpc) is 2.78. The number of esters is 1. The lowest BCUT2D eigenvalue weighted by Crippen LogP contribution is -2.20. The van der Waals surface area contributed by atoms with E-state index < -0.39 is 0 Å². The van der Waals surface area contributed by atoms with Crippen molar-refractivity contribution < 1.29 is 13.9 Å². The molecule has 4 heteroatoms. The van der Waals surface area contributed by atoms with Gasteiger partial charge in [0.2, 0.25) is 0 Å². The Morgan fingerprint density at radius 1 is 1.47 bits per heavy atom. The quantitative estimate of drug-likeness (QED) is 0.755. The van der Waals surface area contributed by atoms with Crippen LogP contribution in [-0.4, -0.2) is 26.2 Å². The molecule has 1 aromatic rings. The SMILES string of the molecule is COC(=O)CC1CCN(c2ccc(F)cc2)C1. The van der Waals surface area contributed by atoms with Gasteiger partial charge in [0.05, 0.1) is 13.5 Å². The molecule has 17 heavy (non-hydrogen) atoms. The van der Waals surface area contributed by atoms with Crippen LogP contribution in [0.25, 0.3) is 0 Å². The van der Waals surface area contributed by atoms with Gasteiger partial charge >= 0.3 is 5.97 Å². The van der Waals surface area contributed by atoms with Crippen LogP contribution in [0.15, 0.2) is 24.3 Å². The monoisotopic (exact) mass is 237 g/mol. The highest BCUT2D eigenvalue weighted by Crippen LogP contribution is 2.25. The number of halogens is 1. The first-order valence-corrected chi connectivity index (χ1v) is 5.76. The molecule has 0 bridgehead atoms. The van der Waals surface area contributed by atoms with Crippen molar-refractivity contribution in [2.75, 3.05) is 25.1 Å². The van der Waals surface area contributed by atoms with Crippen molar-refractivity contribution in [1.82, 2.24) is 0 Å². The van der Waals surface area contributed by atoms with Crippen LogP contribution in [0.3, 0.4) is 0 Å². The zero-order chi connectivity index (χ0) is 12.3. The van der Waals surface area contributed by atoms with E-state index in [2.05, 4.69) is 9.64 Å². The fourth-order valence-corrected chi connectivity index (χ4v) is 2.20. The Morgan fingerprint density at radius 3 is 2.82 bits per heavy atom. The highest BCUT2D eigenvalue weighted by Gasteiger charge is 2.24. The third kappa shape index (κ3) is 2.96. The maximum absolute atomic E-state index is 12.8. The number of methoxy groups -OCH3 is 1. The van der Waals surface area contributed by atoms with Crippen LogP contribution in [0.5, 0.6) is 0 Å². The van der Waals surface area contributed by atoms with Gasteiger partial charge in [0, 0.05) is 18.8 Å². The summed E-state index contributed by atoms with van der Waals surface area (Å²) in [5, 5.41) is 0. The van der Waals surface area contributed by atoms with Crippen LogP contribution >= 0.6 is 0 Å². The van der Waals surface area contributed by atoms with E-state index in [1.807, 2.05) is 0 Å². The molecule has 0 aromatic heterocycles. The van der Waals surface area contributed by atoms with E-state index in [0.29, 0.717) is 12.3 Å². The van der Waals surface area contributed by atoms with E-state index in [1.165, 1.54) is 19.2 Å². The summed E-state index contributed by atoms with van der Waals surface area (Å²) >= 11 is 0. The molecule has 0 N–H and O–H groups in total. The second-order valence-corrected chi connectivity index (χ2v) is 4.36. The van der Waals surface area contributed by atoms with Gasteiger partial charge in [-0.15, -0.1) is 0 Å². The number of ether oxygens (including phenoxy) is 1. The standard InChI is InChI=1S/C13H16FNO2/c1-17-13(16)8-10-6-7-15(9-10)12-4-2-11(14)3-5-12/h2-5,10H,6-9H2,1H3. The first-order chi connectivity index (χ1) is 8.19. The van der Waals surface area contributed by atoms with Crippen molar-refractivity contribution in [2.45, 2.75) is 12.8 Å². The van der Waals surface area contributed by atoms with E-state index >= 15 is 0 Å². The Morgan fingerprint density at radius 2 is 2.18 bits per heavy atom. The molecule has 0 radical (unpaired) electrons. The first kappa shape index (κ1) is 11.9. The minimum absolute atomic E-state index is 0.157. The van der Waals surface area contributed by atoms with Gasteiger partial charge in [-0.25, -0.2) is 4.39 Å². The number of nitrogens with zero attached hydrogens (tertiary/aromatic N) is 1. The van der Waals surface area contributed by atoms with E-state index in [0.717, 1.165) is 25.2 Å². The third-order valence-corrected chi connectivity index (χ3v) is 3.16. The molecule has 1 saturated heterocycles. The summed E-state index contributed by atoms with van der Waals surface area (Å²) in [7, 11) is 1.41. The molecule has 3 nitrogen and oxygen atoms in total. The van der Waals surface area contributed by atoms with E-state index in [4.69, 9.17) is 0 Å². The smallest absolute Gasteiger partial charge is 0.305 e. The summed E-state index contributed by atoms with van der Waals surface area (Å²) in [5.74, 6) is -0.0393. The van der Waals surface area contributed by atoms with Gasteiger partial charge in [0.25, 0.3) is 0 Å². The van der Waals surface area contributed by atoms with Crippen LogP contribution in [0, 0.1) is 11.7 Å². The molecule has 1 unspecified atom stereocenters. The molecule has 92 valence electrons. The molecule has 1 heterocycles. The van der Waals surface area contributed by atoms with Gasteiger partial charge in [0.15, 0.2) is 0 Å². The lowest BCUT2D eigenvalue weighted by Gasteiger charge is -2.18. The van der Waals surface area contributed by atoms with Crippen molar-refractivity contribution in [3.8, 4) is 0 Å². The fourth-order valence-electron chi connectivity index (χ4n) is 2.20. The summed E-state index contributed by atoms with van der Waals surface area (Å²) in [4.78, 5) is 13.3. The second kappa shape index (κ2) is 5.17. The minimum atomic E-state index is -0.223. The molecule has 1 aliphatic heterocycles. The average molecular weight is 237 g/mol. The summed E-state index contributed by atoms with van der Waals surface area (Å²) < 4.78 is 17.5. The lowest BCUT2D eigenvalue weighted by atomic mass is 10.1. The molecule has 0 amide bonds. The Labute approximate surface area is 100 Å². The van der Waals surface area contributed by atoms with Gasteiger partial charge in [-0.3, -0.25) is 4.79 Å². The molecule has 1 aromatic carbocycles. The zero-order valence-electron chi connectivity index (χ0n) is 9.86. The van der Waals surface area contributed by atoms with Gasteiger partial charge < -0.3 is 9.64 Å². The molecule has 0 saturated carbocycles. The minimum Gasteiger partial charge on any atom is -0.469 e. The van der Waals surface area contributed by atoms with E-state index in [1.54, 1.807) is 12.1 Å². The predicted molar refractivity (Wildman–Crippen MR) is 63.4 cm³/mol. The van der Waals surface area contributed by atoms with Gasteiger partial charge in [0.1, 0.15) is 5.82 Å². The summed E-state index contributed by atoms with van der Waals surface area (Å²) in [6, 6.07) is 6.47. The van der Waals surface area contributed by atoms with Crippen LogP contribution in [-0.2, 0) is 9.53 Å². The number of carbonyl (C=O) groups excluding carboxylic acids is 1. The molecular formula is C13H16FNO2. The predicted octanol–water partition coefficient (Wildman–Crippen LogP) is 2.22. The molecular weight excluding hydrogens is 221 g/mol. The van der Waals surface area contributed by atoms with Crippen molar-refractivity contribution in [3.05, 3.63) is 30.1 Å². The zero-order valence-corrected chi connectivity index (χ0v) is 9.86. The van der Waals surface area contributed by atoms with E-state index in [9.17, 15) is 9.18 Å². The highest BCUT2D eigenvalue weighted by atomic mass is 19.1. The largest absolute Gasteiger partial charge is 0.469 e. The molecule has 1 aliphatic rings. The normalized spacial score (nSPS) is 19.4. The fraction of sp³-hybridized carbons (Fsp3) is 0.462. The molecule has 1 fully saturated rings. The topological polar surface area (TPSA) is 29.5 Å². The van der Waals surface area contributed by atoms with E-state index in [-0.39, 0.29) is 11.8 Å². The maximum atomic E-state index is 12.8. The van der Waals surface area contributed by atoms with Crippen molar-refractivity contribution >= 4 is 11.7 Å². The first-order valence-electron chi connectivity index (χ1n) is 5.76. The number of hydrogen-bond acceptors (Lipinski definition) is 3. The second-order valence-electron chi connectivity index (χ2n) is 4.36. The van der Waals surface area contributed by atoms with Crippen molar-refractivity contribution in [1.29, 1.82) is 0 Å². The number of anilines is 1. The third-order valence-electron chi connectivity index (χ3n) is 3.16. The van der Waals surface area contributed by atoms with Crippen LogP contribution < -0.4 is 4.90 Å². The number of rotatable bonds is 3. The van der Waals surface area contributed by atoms with Crippen molar-refractivity contribution in [3.63, 3.8) is 0 Å². The Kier molecular flexibility index (Phi) is 3.61. The van der Waals surface area contributed by atoms with Crippen LogP contribution in [0.4, 0.5) is 10.1 Å². The molecule has 0 spiro atoms. The number of carbonyl (C=O) groups is 1. The Bertz CT molecular complexity index is 391. The molecule has 0 aliphatic carbocycles. The van der Waals surface area contributed by atoms with Crippen molar-refractivity contribution in [2.24, 2.45) is 5.92 Å². The molecule has 2 rings (SSSR count). The van der Waals surface area contributed by atoms with Crippen LogP contribution in [0.1, 0.15) is 12.8 Å². The van der Waals surface area contributed by atoms with Gasteiger partial charge in [-0.05, 0) is 36.6 Å². The van der Waals surface area contributed by atoms with Gasteiger partial charge in [-0.1, -0.05) is 0 Å². The lowest BCUT2D eigenvalue weighted by molar-refractivity contribution is -0.141. The summed E-state index contributed by atoms with van der Waals surface area (Å²) in [6.07, 6.45) is 1.45.